The maximum absolute atomic E-state index is 2.48. The van der Waals surface area contributed by atoms with Crippen molar-refractivity contribution in [3.63, 3.8) is 0 Å². The molecule has 0 amide bonds. The first-order valence-electron chi connectivity index (χ1n) is 16.0. The molecule has 6 aromatic carbocycles. The Bertz CT molecular complexity index is 1900. The maximum atomic E-state index is 2.48. The van der Waals surface area contributed by atoms with E-state index in [0.29, 0.717) is 11.8 Å². The zero-order valence-corrected chi connectivity index (χ0v) is 25.8. The summed E-state index contributed by atoms with van der Waals surface area (Å²) in [6.07, 6.45) is 5.11. The van der Waals surface area contributed by atoms with Gasteiger partial charge in [0, 0.05) is 28.1 Å². The lowest BCUT2D eigenvalue weighted by Gasteiger charge is -2.30. The Labute approximate surface area is 265 Å². The van der Waals surface area contributed by atoms with Gasteiger partial charge in [-0.2, -0.15) is 0 Å². The summed E-state index contributed by atoms with van der Waals surface area (Å²) in [5, 5.41) is 3.54. The van der Waals surface area contributed by atoms with Gasteiger partial charge < -0.3 is 4.90 Å². The fourth-order valence-corrected chi connectivity index (χ4v) is 9.05. The van der Waals surface area contributed by atoms with Gasteiger partial charge in [0.25, 0.3) is 0 Å². The molecule has 2 heteroatoms. The van der Waals surface area contributed by atoms with Crippen molar-refractivity contribution in [2.24, 2.45) is 0 Å². The van der Waals surface area contributed by atoms with E-state index in [-0.39, 0.29) is 0 Å². The molecule has 1 heterocycles. The molecule has 0 N–H and O–H groups in total. The first-order valence-corrected chi connectivity index (χ1v) is 16.9. The van der Waals surface area contributed by atoms with E-state index in [4.69, 9.17) is 0 Å². The molecule has 6 aromatic rings. The van der Waals surface area contributed by atoms with Crippen molar-refractivity contribution >= 4 is 33.9 Å². The third kappa shape index (κ3) is 5.44. The molecule has 1 aliphatic carbocycles. The van der Waals surface area contributed by atoms with Crippen molar-refractivity contribution in [1.29, 1.82) is 0 Å². The van der Waals surface area contributed by atoms with E-state index in [1.807, 2.05) is 0 Å². The van der Waals surface area contributed by atoms with Gasteiger partial charge in [0.2, 0.25) is 0 Å². The molecule has 3 unspecified atom stereocenters. The van der Waals surface area contributed by atoms with Gasteiger partial charge in [-0.15, -0.1) is 11.8 Å². The van der Waals surface area contributed by atoms with E-state index in [0.717, 1.165) is 11.8 Å². The van der Waals surface area contributed by atoms with Crippen molar-refractivity contribution in [3.8, 4) is 11.1 Å². The molecule has 1 saturated carbocycles. The predicted molar refractivity (Wildman–Crippen MR) is 188 cm³/mol. The van der Waals surface area contributed by atoms with E-state index < -0.39 is 0 Å². The van der Waals surface area contributed by atoms with Crippen molar-refractivity contribution in [2.75, 3.05) is 4.90 Å². The van der Waals surface area contributed by atoms with Crippen molar-refractivity contribution in [1.82, 2.24) is 0 Å². The minimum atomic E-state index is 0.588. The highest BCUT2D eigenvalue weighted by atomic mass is 32.2. The lowest BCUT2D eigenvalue weighted by molar-refractivity contribution is 0.534. The van der Waals surface area contributed by atoms with Crippen LogP contribution < -0.4 is 4.90 Å². The van der Waals surface area contributed by atoms with E-state index in [1.54, 1.807) is 10.5 Å². The molecule has 8 rings (SSSR count). The first-order chi connectivity index (χ1) is 21.8. The van der Waals surface area contributed by atoms with Gasteiger partial charge in [-0.05, 0) is 100 Å². The van der Waals surface area contributed by atoms with Crippen molar-refractivity contribution in [2.45, 2.75) is 54.2 Å². The molecule has 2 bridgehead atoms. The van der Waals surface area contributed by atoms with Crippen LogP contribution in [0.4, 0.5) is 11.4 Å². The maximum Gasteiger partial charge on any atom is 0.0481 e. The Morgan fingerprint density at radius 1 is 0.568 bits per heavy atom. The monoisotopic (exact) mass is 587 g/mol. The first kappa shape index (κ1) is 27.3. The summed E-state index contributed by atoms with van der Waals surface area (Å²) in [7, 11) is 0. The van der Waals surface area contributed by atoms with E-state index >= 15 is 0 Å². The summed E-state index contributed by atoms with van der Waals surface area (Å²) in [6.45, 7) is 0.827. The third-order valence-electron chi connectivity index (χ3n) is 9.69. The number of rotatable bonds is 6. The summed E-state index contributed by atoms with van der Waals surface area (Å²) in [5.74, 6) is 1.22. The van der Waals surface area contributed by atoms with E-state index in [9.17, 15) is 0 Å². The number of anilines is 2. The molecule has 0 radical (unpaired) electrons. The van der Waals surface area contributed by atoms with Crippen LogP contribution in [0.25, 0.3) is 21.9 Å². The van der Waals surface area contributed by atoms with E-state index in [1.165, 1.54) is 70.1 Å². The van der Waals surface area contributed by atoms with Gasteiger partial charge in [-0.25, -0.2) is 0 Å². The van der Waals surface area contributed by atoms with Crippen LogP contribution in [-0.2, 0) is 6.54 Å². The molecule has 3 atom stereocenters. The zero-order chi connectivity index (χ0) is 29.3. The van der Waals surface area contributed by atoms with Crippen molar-refractivity contribution < 1.29 is 0 Å². The predicted octanol–water partition coefficient (Wildman–Crippen LogP) is 11.8. The third-order valence-corrected chi connectivity index (χ3v) is 11.1. The average Bonchev–Trinajstić information content (AvgIpc) is 3.27. The molecular formula is C42H37NS. The SMILES string of the molecule is c1ccc(CN(c2ccccc2)c2cccc(-c3cccc(C4CCC5CC(C4)c4ccc6ccccc6c4S5)c3)c2)cc1. The quantitative estimate of drug-likeness (QED) is 0.191. The van der Waals surface area contributed by atoms with Gasteiger partial charge >= 0.3 is 0 Å². The van der Waals surface area contributed by atoms with Crippen LogP contribution in [-0.4, -0.2) is 5.25 Å². The minimum Gasteiger partial charge on any atom is -0.337 e. The van der Waals surface area contributed by atoms with Crippen molar-refractivity contribution in [3.05, 3.63) is 162 Å². The lowest BCUT2D eigenvalue weighted by atomic mass is 9.82. The number of benzene rings is 6. The number of hydrogen-bond donors (Lipinski definition) is 0. The lowest BCUT2D eigenvalue weighted by Crippen LogP contribution is -2.16. The number of para-hydroxylation sites is 1. The fraction of sp³-hybridized carbons (Fsp3) is 0.190. The molecule has 1 nitrogen and oxygen atoms in total. The highest BCUT2D eigenvalue weighted by Gasteiger charge is 2.34. The second-order valence-electron chi connectivity index (χ2n) is 12.5. The average molecular weight is 588 g/mol. The van der Waals surface area contributed by atoms with Crippen LogP contribution in [0.15, 0.2) is 150 Å². The standard InChI is InChI=1S/C42H37NS/c1-3-11-30(12-4-1)29-43(37-17-5-2-6-18-37)38-19-10-16-34(27-38)32-14-9-15-33(25-32)35-21-23-39-28-36(26-35)41-24-22-31-13-7-8-20-40(31)42(41)44-39/h1-20,22,24-25,27,35-36,39H,21,23,26,28-29H2. The molecular weight excluding hydrogens is 551 g/mol. The van der Waals surface area contributed by atoms with Crippen LogP contribution in [0.2, 0.25) is 0 Å². The Morgan fingerprint density at radius 3 is 2.16 bits per heavy atom. The van der Waals surface area contributed by atoms with E-state index in [2.05, 4.69) is 162 Å². The smallest absolute Gasteiger partial charge is 0.0481 e. The Kier molecular flexibility index (Phi) is 7.45. The summed E-state index contributed by atoms with van der Waals surface area (Å²) >= 11 is 2.15. The van der Waals surface area contributed by atoms with Gasteiger partial charge in [0.15, 0.2) is 0 Å². The number of hydrogen-bond acceptors (Lipinski definition) is 2. The minimum absolute atomic E-state index is 0.588. The van der Waals surface area contributed by atoms with Gasteiger partial charge in [0.05, 0.1) is 0 Å². The second-order valence-corrected chi connectivity index (χ2v) is 13.8. The van der Waals surface area contributed by atoms with Gasteiger partial charge in [-0.3, -0.25) is 0 Å². The van der Waals surface area contributed by atoms with Crippen LogP contribution in [0, 0.1) is 0 Å². The molecule has 0 spiro atoms. The summed E-state index contributed by atoms with van der Waals surface area (Å²) < 4.78 is 0. The summed E-state index contributed by atoms with van der Waals surface area (Å²) in [4.78, 5) is 3.97. The summed E-state index contributed by atoms with van der Waals surface area (Å²) in [6, 6.07) is 53.8. The van der Waals surface area contributed by atoms with Crippen LogP contribution >= 0.6 is 11.8 Å². The normalized spacial score (nSPS) is 19.2. The molecule has 1 aliphatic heterocycles. The highest BCUT2D eigenvalue weighted by molar-refractivity contribution is 8.00. The zero-order valence-electron chi connectivity index (χ0n) is 25.0. The molecule has 0 aromatic heterocycles. The Hall–Kier alpha value is -4.27. The van der Waals surface area contributed by atoms with Gasteiger partial charge in [0.1, 0.15) is 0 Å². The Morgan fingerprint density at radius 2 is 1.30 bits per heavy atom. The van der Waals surface area contributed by atoms with Crippen LogP contribution in [0.5, 0.6) is 0 Å². The molecule has 216 valence electrons. The number of nitrogens with zero attached hydrogens (tertiary/aromatic N) is 1. The van der Waals surface area contributed by atoms with Crippen LogP contribution in [0.1, 0.15) is 54.2 Å². The number of fused-ring (bicyclic) bond motifs is 6. The largest absolute Gasteiger partial charge is 0.337 e. The summed E-state index contributed by atoms with van der Waals surface area (Å²) in [5.41, 5.74) is 9.39. The second kappa shape index (κ2) is 12.0. The molecule has 1 fully saturated rings. The molecule has 44 heavy (non-hydrogen) atoms. The van der Waals surface area contributed by atoms with Crippen LogP contribution in [0.3, 0.4) is 0 Å². The fourth-order valence-electron chi connectivity index (χ4n) is 7.45. The highest BCUT2D eigenvalue weighted by Crippen LogP contribution is 2.52. The topological polar surface area (TPSA) is 3.24 Å². The Balaban J connectivity index is 1.10. The molecule has 0 saturated heterocycles. The number of thioether (sulfide) groups is 1. The molecule has 2 aliphatic rings. The van der Waals surface area contributed by atoms with Gasteiger partial charge in [-0.1, -0.05) is 121 Å².